The van der Waals surface area contributed by atoms with Gasteiger partial charge in [-0.1, -0.05) is 29.8 Å². The highest BCUT2D eigenvalue weighted by molar-refractivity contribution is 6.31. The summed E-state index contributed by atoms with van der Waals surface area (Å²) in [5.41, 5.74) is 3.83. The van der Waals surface area contributed by atoms with Crippen LogP contribution < -0.4 is 0 Å². The van der Waals surface area contributed by atoms with Crippen LogP contribution in [-0.4, -0.2) is 27.4 Å². The van der Waals surface area contributed by atoms with Gasteiger partial charge in [0, 0.05) is 24.1 Å². The summed E-state index contributed by atoms with van der Waals surface area (Å²) in [5.74, 6) is 1.03. The number of aromatic nitrogens is 2. The van der Waals surface area contributed by atoms with Gasteiger partial charge in [0.05, 0.1) is 23.1 Å². The zero-order valence-corrected chi connectivity index (χ0v) is 13.3. The summed E-state index contributed by atoms with van der Waals surface area (Å²) in [4.78, 5) is 19.4. The van der Waals surface area contributed by atoms with E-state index in [0.717, 1.165) is 34.4 Å². The fourth-order valence-electron chi connectivity index (χ4n) is 3.98. The summed E-state index contributed by atoms with van der Waals surface area (Å²) >= 11 is 6.20. The molecule has 3 heterocycles. The van der Waals surface area contributed by atoms with Gasteiger partial charge in [0.2, 0.25) is 0 Å². The molecule has 114 valence electrons. The lowest BCUT2D eigenvalue weighted by Crippen LogP contribution is -2.30. The SMILES string of the molecule is CN1C(=O)c2ccccc2C2CC1c1nc3ccc(Cl)cc3n12. The fourth-order valence-corrected chi connectivity index (χ4v) is 4.15. The number of benzene rings is 2. The summed E-state index contributed by atoms with van der Waals surface area (Å²) in [6.07, 6.45) is 0.865. The van der Waals surface area contributed by atoms with E-state index in [0.29, 0.717) is 5.02 Å². The van der Waals surface area contributed by atoms with Gasteiger partial charge in [-0.3, -0.25) is 4.79 Å². The van der Waals surface area contributed by atoms with Crippen molar-refractivity contribution in [1.29, 1.82) is 0 Å². The Bertz CT molecular complexity index is 978. The number of carbonyl (C=O) groups excluding carboxylic acids is 1. The number of halogens is 1. The van der Waals surface area contributed by atoms with E-state index in [1.165, 1.54) is 0 Å². The Hall–Kier alpha value is -2.33. The maximum absolute atomic E-state index is 12.8. The van der Waals surface area contributed by atoms with Crippen molar-refractivity contribution in [1.82, 2.24) is 14.5 Å². The Morgan fingerprint density at radius 1 is 1.17 bits per heavy atom. The van der Waals surface area contributed by atoms with Gasteiger partial charge in [0.1, 0.15) is 5.82 Å². The van der Waals surface area contributed by atoms with Crippen LogP contribution >= 0.6 is 11.6 Å². The predicted octanol–water partition coefficient (Wildman–Crippen LogP) is 3.81. The molecule has 2 aliphatic rings. The third-order valence-corrected chi connectivity index (χ3v) is 5.31. The molecule has 1 amide bonds. The van der Waals surface area contributed by atoms with E-state index in [2.05, 4.69) is 10.6 Å². The molecule has 0 spiro atoms. The highest BCUT2D eigenvalue weighted by Gasteiger charge is 2.43. The molecule has 2 unspecified atom stereocenters. The molecular weight excluding hydrogens is 310 g/mol. The molecule has 0 N–H and O–H groups in total. The third kappa shape index (κ3) is 1.61. The lowest BCUT2D eigenvalue weighted by molar-refractivity contribution is 0.0734. The quantitative estimate of drug-likeness (QED) is 0.631. The van der Waals surface area contributed by atoms with Crippen LogP contribution in [-0.2, 0) is 0 Å². The number of rotatable bonds is 0. The van der Waals surface area contributed by atoms with Gasteiger partial charge in [-0.2, -0.15) is 0 Å². The van der Waals surface area contributed by atoms with Gasteiger partial charge in [-0.15, -0.1) is 0 Å². The molecule has 0 saturated carbocycles. The number of nitrogens with zero attached hydrogens (tertiary/aromatic N) is 3. The molecule has 4 nitrogen and oxygen atoms in total. The first-order chi connectivity index (χ1) is 11.1. The third-order valence-electron chi connectivity index (χ3n) is 5.07. The molecule has 2 aromatic carbocycles. The van der Waals surface area contributed by atoms with E-state index in [1.54, 1.807) is 0 Å². The molecule has 0 aliphatic carbocycles. The maximum Gasteiger partial charge on any atom is 0.254 e. The number of imidazole rings is 1. The molecule has 2 bridgehead atoms. The van der Waals surface area contributed by atoms with Crippen molar-refractivity contribution in [2.24, 2.45) is 0 Å². The molecule has 0 radical (unpaired) electrons. The molecule has 3 aromatic rings. The van der Waals surface area contributed by atoms with Gasteiger partial charge in [0.15, 0.2) is 0 Å². The zero-order valence-electron chi connectivity index (χ0n) is 12.5. The average Bonchev–Trinajstić information content (AvgIpc) is 3.07. The van der Waals surface area contributed by atoms with E-state index >= 15 is 0 Å². The number of amides is 1. The van der Waals surface area contributed by atoms with Crippen LogP contribution in [0.25, 0.3) is 11.0 Å². The topological polar surface area (TPSA) is 38.1 Å². The van der Waals surface area contributed by atoms with Crippen molar-refractivity contribution in [3.05, 3.63) is 64.4 Å². The van der Waals surface area contributed by atoms with E-state index < -0.39 is 0 Å². The van der Waals surface area contributed by atoms with Crippen molar-refractivity contribution in [2.45, 2.75) is 18.5 Å². The molecule has 0 saturated heterocycles. The Balaban J connectivity index is 1.87. The first-order valence-corrected chi connectivity index (χ1v) is 8.06. The van der Waals surface area contributed by atoms with Gasteiger partial charge in [0.25, 0.3) is 5.91 Å². The fraction of sp³-hybridized carbons (Fsp3) is 0.222. The second-order valence-electron chi connectivity index (χ2n) is 6.24. The second kappa shape index (κ2) is 4.36. The summed E-state index contributed by atoms with van der Waals surface area (Å²) in [6, 6.07) is 13.8. The highest BCUT2D eigenvalue weighted by Crippen LogP contribution is 2.47. The van der Waals surface area contributed by atoms with Crippen molar-refractivity contribution in [3.8, 4) is 0 Å². The van der Waals surface area contributed by atoms with Crippen LogP contribution in [0.3, 0.4) is 0 Å². The molecule has 0 fully saturated rings. The Kier molecular flexibility index (Phi) is 2.49. The molecule has 5 rings (SSSR count). The standard InChI is InChI=1S/C18H14ClN3O/c1-21-16-9-14(11-4-2-3-5-12(11)18(21)23)22-15-8-10(19)6-7-13(15)20-17(16)22/h2-8,14,16H,9H2,1H3. The van der Waals surface area contributed by atoms with Gasteiger partial charge in [-0.05, 0) is 29.8 Å². The van der Waals surface area contributed by atoms with Crippen molar-refractivity contribution >= 4 is 28.5 Å². The lowest BCUT2D eigenvalue weighted by Gasteiger charge is -2.23. The minimum atomic E-state index is 0.00563. The molecular formula is C18H14ClN3O. The molecule has 2 aliphatic heterocycles. The lowest BCUT2D eigenvalue weighted by atomic mass is 9.99. The van der Waals surface area contributed by atoms with Crippen molar-refractivity contribution < 1.29 is 4.79 Å². The van der Waals surface area contributed by atoms with E-state index in [9.17, 15) is 4.79 Å². The van der Waals surface area contributed by atoms with Crippen LogP contribution in [0.4, 0.5) is 0 Å². The van der Waals surface area contributed by atoms with Crippen molar-refractivity contribution in [2.75, 3.05) is 7.05 Å². The molecule has 23 heavy (non-hydrogen) atoms. The van der Waals surface area contributed by atoms with Crippen LogP contribution in [0, 0.1) is 0 Å². The van der Waals surface area contributed by atoms with Gasteiger partial charge >= 0.3 is 0 Å². The largest absolute Gasteiger partial charge is 0.331 e. The Labute approximate surface area is 138 Å². The number of hydrogen-bond donors (Lipinski definition) is 0. The first-order valence-electron chi connectivity index (χ1n) is 7.68. The summed E-state index contributed by atoms with van der Waals surface area (Å²) in [5, 5.41) is 0.706. The van der Waals surface area contributed by atoms with E-state index in [-0.39, 0.29) is 18.0 Å². The number of carbonyl (C=O) groups is 1. The van der Waals surface area contributed by atoms with Crippen LogP contribution in [0.15, 0.2) is 42.5 Å². The van der Waals surface area contributed by atoms with Gasteiger partial charge < -0.3 is 9.47 Å². The number of hydrogen-bond acceptors (Lipinski definition) is 2. The van der Waals surface area contributed by atoms with E-state index in [1.807, 2.05) is 48.3 Å². The highest BCUT2D eigenvalue weighted by atomic mass is 35.5. The minimum absolute atomic E-state index is 0.00563. The van der Waals surface area contributed by atoms with E-state index in [4.69, 9.17) is 16.6 Å². The smallest absolute Gasteiger partial charge is 0.254 e. The summed E-state index contributed by atoms with van der Waals surface area (Å²) in [6.45, 7) is 0. The molecule has 2 atom stereocenters. The maximum atomic E-state index is 12.8. The van der Waals surface area contributed by atoms with Crippen LogP contribution in [0.2, 0.25) is 5.02 Å². The molecule has 1 aromatic heterocycles. The minimum Gasteiger partial charge on any atom is -0.331 e. The predicted molar refractivity (Wildman–Crippen MR) is 88.8 cm³/mol. The molecule has 5 heteroatoms. The zero-order chi connectivity index (χ0) is 15.7. The van der Waals surface area contributed by atoms with Crippen molar-refractivity contribution in [3.63, 3.8) is 0 Å². The van der Waals surface area contributed by atoms with Crippen LogP contribution in [0.1, 0.15) is 40.3 Å². The van der Waals surface area contributed by atoms with Gasteiger partial charge in [-0.25, -0.2) is 4.98 Å². The number of fused-ring (bicyclic) bond motifs is 9. The normalized spacial score (nSPS) is 22.2. The monoisotopic (exact) mass is 323 g/mol. The Morgan fingerprint density at radius 2 is 2.00 bits per heavy atom. The second-order valence-corrected chi connectivity index (χ2v) is 6.68. The average molecular weight is 324 g/mol. The summed E-state index contributed by atoms with van der Waals surface area (Å²) < 4.78 is 2.26. The van der Waals surface area contributed by atoms with Crippen LogP contribution in [0.5, 0.6) is 0 Å². The first kappa shape index (κ1) is 13.1. The Morgan fingerprint density at radius 3 is 2.87 bits per heavy atom. The summed E-state index contributed by atoms with van der Waals surface area (Å²) in [7, 11) is 1.87.